The van der Waals surface area contributed by atoms with Crippen LogP contribution >= 0.6 is 0 Å². The van der Waals surface area contributed by atoms with Crippen molar-refractivity contribution >= 4 is 11.6 Å². The molecule has 132 valence electrons. The van der Waals surface area contributed by atoms with Crippen LogP contribution in [0.2, 0.25) is 0 Å². The summed E-state index contributed by atoms with van der Waals surface area (Å²) in [6, 6.07) is 8.07. The van der Waals surface area contributed by atoms with Gasteiger partial charge in [-0.05, 0) is 36.5 Å². The summed E-state index contributed by atoms with van der Waals surface area (Å²) in [5.41, 5.74) is 1.91. The Bertz CT molecular complexity index is 564. The second-order valence-corrected chi connectivity index (χ2v) is 7.24. The summed E-state index contributed by atoms with van der Waals surface area (Å²) >= 11 is 0. The van der Waals surface area contributed by atoms with E-state index in [1.165, 1.54) is 5.56 Å². The average molecular weight is 332 g/mol. The molecule has 0 aromatic heterocycles. The SMILES string of the molecule is CO[C@@H]1CN(CC(=O)Nc2ccc(C(C)C)cc2)C[C@]12CCCO2. The Morgan fingerprint density at radius 3 is 2.75 bits per heavy atom. The van der Waals surface area contributed by atoms with E-state index in [0.717, 1.165) is 38.2 Å². The molecule has 1 aromatic rings. The number of likely N-dealkylation sites (tertiary alicyclic amines) is 1. The molecule has 0 bridgehead atoms. The van der Waals surface area contributed by atoms with Gasteiger partial charge in [0, 0.05) is 32.5 Å². The van der Waals surface area contributed by atoms with Gasteiger partial charge in [-0.15, -0.1) is 0 Å². The first-order valence-corrected chi connectivity index (χ1v) is 8.81. The van der Waals surface area contributed by atoms with E-state index in [9.17, 15) is 4.79 Å². The Kier molecular flexibility index (Phi) is 5.23. The number of carbonyl (C=O) groups is 1. The van der Waals surface area contributed by atoms with Gasteiger partial charge in [0.1, 0.15) is 5.60 Å². The van der Waals surface area contributed by atoms with Crippen molar-refractivity contribution in [3.8, 4) is 0 Å². The van der Waals surface area contributed by atoms with E-state index in [2.05, 4.69) is 36.2 Å². The van der Waals surface area contributed by atoms with Crippen molar-refractivity contribution in [2.75, 3.05) is 38.7 Å². The number of nitrogens with zero attached hydrogens (tertiary/aromatic N) is 1. The predicted octanol–water partition coefficient (Wildman–Crippen LogP) is 2.63. The first-order valence-electron chi connectivity index (χ1n) is 8.81. The summed E-state index contributed by atoms with van der Waals surface area (Å²) in [6.45, 7) is 7.00. The van der Waals surface area contributed by atoms with Crippen molar-refractivity contribution < 1.29 is 14.3 Å². The summed E-state index contributed by atoms with van der Waals surface area (Å²) in [7, 11) is 1.73. The lowest BCUT2D eigenvalue weighted by Gasteiger charge is -2.28. The molecule has 2 fully saturated rings. The van der Waals surface area contributed by atoms with Crippen molar-refractivity contribution in [2.45, 2.75) is 44.3 Å². The fourth-order valence-corrected chi connectivity index (χ4v) is 3.81. The van der Waals surface area contributed by atoms with Crippen LogP contribution in [0.15, 0.2) is 24.3 Å². The van der Waals surface area contributed by atoms with Crippen LogP contribution in [0.4, 0.5) is 5.69 Å². The van der Waals surface area contributed by atoms with Gasteiger partial charge < -0.3 is 14.8 Å². The summed E-state index contributed by atoms with van der Waals surface area (Å²) in [5.74, 6) is 0.505. The van der Waals surface area contributed by atoms with Gasteiger partial charge in [0.2, 0.25) is 5.91 Å². The molecule has 0 aliphatic carbocycles. The number of benzene rings is 1. The molecule has 1 amide bonds. The average Bonchev–Trinajstić information content (AvgIpc) is 3.15. The van der Waals surface area contributed by atoms with Crippen molar-refractivity contribution in [3.05, 3.63) is 29.8 Å². The van der Waals surface area contributed by atoms with E-state index in [1.807, 2.05) is 12.1 Å². The van der Waals surface area contributed by atoms with E-state index >= 15 is 0 Å². The third-order valence-corrected chi connectivity index (χ3v) is 5.15. The smallest absolute Gasteiger partial charge is 0.238 e. The van der Waals surface area contributed by atoms with Gasteiger partial charge in [-0.2, -0.15) is 0 Å². The van der Waals surface area contributed by atoms with Crippen LogP contribution in [-0.4, -0.2) is 55.9 Å². The highest BCUT2D eigenvalue weighted by molar-refractivity contribution is 5.92. The molecule has 2 atom stereocenters. The summed E-state index contributed by atoms with van der Waals surface area (Å²) in [5, 5.41) is 2.98. The van der Waals surface area contributed by atoms with Crippen LogP contribution in [0, 0.1) is 0 Å². The molecular weight excluding hydrogens is 304 g/mol. The molecule has 1 N–H and O–H groups in total. The van der Waals surface area contributed by atoms with Crippen LogP contribution in [0.5, 0.6) is 0 Å². The van der Waals surface area contributed by atoms with Gasteiger partial charge in [-0.3, -0.25) is 9.69 Å². The molecule has 2 heterocycles. The number of methoxy groups -OCH3 is 1. The fraction of sp³-hybridized carbons (Fsp3) is 0.632. The van der Waals surface area contributed by atoms with Crippen molar-refractivity contribution in [1.82, 2.24) is 4.90 Å². The summed E-state index contributed by atoms with van der Waals surface area (Å²) in [6.07, 6.45) is 2.14. The van der Waals surface area contributed by atoms with Gasteiger partial charge in [0.05, 0.1) is 12.6 Å². The Labute approximate surface area is 144 Å². The van der Waals surface area contributed by atoms with Gasteiger partial charge in [0.15, 0.2) is 0 Å². The number of ether oxygens (including phenoxy) is 2. The van der Waals surface area contributed by atoms with Crippen molar-refractivity contribution in [3.63, 3.8) is 0 Å². The Morgan fingerprint density at radius 2 is 2.17 bits per heavy atom. The lowest BCUT2D eigenvalue weighted by molar-refractivity contribution is -0.117. The molecule has 0 saturated carbocycles. The van der Waals surface area contributed by atoms with E-state index < -0.39 is 0 Å². The van der Waals surface area contributed by atoms with Gasteiger partial charge in [-0.25, -0.2) is 0 Å². The largest absolute Gasteiger partial charge is 0.377 e. The maximum absolute atomic E-state index is 12.4. The van der Waals surface area contributed by atoms with Gasteiger partial charge in [-0.1, -0.05) is 26.0 Å². The lowest BCUT2D eigenvalue weighted by atomic mass is 9.97. The molecule has 2 aliphatic heterocycles. The van der Waals surface area contributed by atoms with E-state index in [1.54, 1.807) is 7.11 Å². The number of nitrogens with one attached hydrogen (secondary N) is 1. The lowest BCUT2D eigenvalue weighted by Crippen LogP contribution is -2.42. The zero-order valence-electron chi connectivity index (χ0n) is 14.9. The molecular formula is C19H28N2O3. The van der Waals surface area contributed by atoms with Crippen LogP contribution in [-0.2, 0) is 14.3 Å². The Morgan fingerprint density at radius 1 is 1.42 bits per heavy atom. The van der Waals surface area contributed by atoms with Crippen molar-refractivity contribution in [1.29, 1.82) is 0 Å². The first kappa shape index (κ1) is 17.4. The van der Waals surface area contributed by atoms with Crippen LogP contribution < -0.4 is 5.32 Å². The standard InChI is InChI=1S/C19H28N2O3/c1-14(2)15-5-7-16(8-6-15)20-18(22)12-21-11-17(23-3)19(13-21)9-4-10-24-19/h5-8,14,17H,4,9-13H2,1-3H3,(H,20,22)/t17-,19-/m1/s1. The second kappa shape index (κ2) is 7.21. The maximum Gasteiger partial charge on any atom is 0.238 e. The quantitative estimate of drug-likeness (QED) is 0.900. The zero-order chi connectivity index (χ0) is 17.2. The number of hydrogen-bond donors (Lipinski definition) is 1. The third kappa shape index (κ3) is 3.63. The number of anilines is 1. The first-order chi connectivity index (χ1) is 11.5. The minimum atomic E-state index is -0.214. The van der Waals surface area contributed by atoms with E-state index in [-0.39, 0.29) is 17.6 Å². The maximum atomic E-state index is 12.4. The number of rotatable bonds is 5. The topological polar surface area (TPSA) is 50.8 Å². The monoisotopic (exact) mass is 332 g/mol. The van der Waals surface area contributed by atoms with E-state index in [4.69, 9.17) is 9.47 Å². The molecule has 24 heavy (non-hydrogen) atoms. The highest BCUT2D eigenvalue weighted by Crippen LogP contribution is 2.36. The summed E-state index contributed by atoms with van der Waals surface area (Å²) < 4.78 is 11.6. The van der Waals surface area contributed by atoms with E-state index in [0.29, 0.717) is 12.5 Å². The molecule has 3 rings (SSSR count). The number of carbonyl (C=O) groups excluding carboxylic acids is 1. The fourth-order valence-electron chi connectivity index (χ4n) is 3.81. The van der Waals surface area contributed by atoms with Gasteiger partial charge >= 0.3 is 0 Å². The minimum Gasteiger partial charge on any atom is -0.377 e. The third-order valence-electron chi connectivity index (χ3n) is 5.15. The summed E-state index contributed by atoms with van der Waals surface area (Å²) in [4.78, 5) is 14.5. The molecule has 2 saturated heterocycles. The highest BCUT2D eigenvalue weighted by atomic mass is 16.6. The molecule has 5 nitrogen and oxygen atoms in total. The van der Waals surface area contributed by atoms with Crippen molar-refractivity contribution in [2.24, 2.45) is 0 Å². The Balaban J connectivity index is 1.55. The molecule has 1 aromatic carbocycles. The number of amides is 1. The highest BCUT2D eigenvalue weighted by Gasteiger charge is 2.50. The molecule has 0 unspecified atom stereocenters. The van der Waals surface area contributed by atoms with Gasteiger partial charge in [0.25, 0.3) is 0 Å². The number of hydrogen-bond acceptors (Lipinski definition) is 4. The zero-order valence-corrected chi connectivity index (χ0v) is 14.9. The second-order valence-electron chi connectivity index (χ2n) is 7.24. The molecule has 2 aliphatic rings. The molecule has 5 heteroatoms. The van der Waals surface area contributed by atoms with Crippen LogP contribution in [0.1, 0.15) is 38.2 Å². The molecule has 0 radical (unpaired) electrons. The normalized spacial score (nSPS) is 27.2. The van der Waals surface area contributed by atoms with Crippen LogP contribution in [0.25, 0.3) is 0 Å². The molecule has 1 spiro atoms. The van der Waals surface area contributed by atoms with Crippen LogP contribution in [0.3, 0.4) is 0 Å². The minimum absolute atomic E-state index is 0.0113. The predicted molar refractivity (Wildman–Crippen MR) is 94.3 cm³/mol. The Hall–Kier alpha value is -1.43.